The zero-order valence-corrected chi connectivity index (χ0v) is 16.0. The average Bonchev–Trinajstić information content (AvgIpc) is 3.06. The Morgan fingerprint density at radius 3 is 2.72 bits per heavy atom. The molecule has 0 heterocycles. The number of esters is 1. The lowest BCUT2D eigenvalue weighted by atomic mass is 9.70. The molecule has 0 amide bonds. The summed E-state index contributed by atoms with van der Waals surface area (Å²) in [5.74, 6) is 2.55. The average molecular weight is 341 g/mol. The van der Waals surface area contributed by atoms with E-state index >= 15 is 0 Å². The maximum Gasteiger partial charge on any atom is 0.306 e. The molecule has 2 nitrogen and oxygen atoms in total. The Balaban J connectivity index is 1.19. The van der Waals surface area contributed by atoms with E-state index in [0.29, 0.717) is 11.8 Å². The normalized spacial score (nSPS) is 33.0. The summed E-state index contributed by atoms with van der Waals surface area (Å²) >= 11 is 0. The van der Waals surface area contributed by atoms with Crippen LogP contribution in [0.4, 0.5) is 0 Å². The lowest BCUT2D eigenvalue weighted by molar-refractivity contribution is -0.155. The lowest BCUT2D eigenvalue weighted by Gasteiger charge is -2.36. The van der Waals surface area contributed by atoms with Gasteiger partial charge in [-0.05, 0) is 100 Å². The fourth-order valence-electron chi connectivity index (χ4n) is 5.46. The Hall–Kier alpha value is -1.31. The molecule has 3 aliphatic rings. The molecule has 1 spiro atoms. The minimum atomic E-state index is -0.350. The van der Waals surface area contributed by atoms with Crippen LogP contribution in [0, 0.1) is 17.8 Å². The number of benzene rings is 1. The third-order valence-electron chi connectivity index (χ3n) is 6.75. The molecule has 2 unspecified atom stereocenters. The molecule has 0 radical (unpaired) electrons. The highest BCUT2D eigenvalue weighted by atomic mass is 16.6. The summed E-state index contributed by atoms with van der Waals surface area (Å²) in [6, 6.07) is 9.12. The van der Waals surface area contributed by atoms with Crippen LogP contribution in [-0.2, 0) is 21.4 Å². The van der Waals surface area contributed by atoms with Crippen molar-refractivity contribution < 1.29 is 9.53 Å². The van der Waals surface area contributed by atoms with Gasteiger partial charge in [-0.3, -0.25) is 4.79 Å². The Morgan fingerprint density at radius 1 is 1.20 bits per heavy atom. The number of ether oxygens (including phenoxy) is 1. The first-order valence-electron chi connectivity index (χ1n) is 10.2. The van der Waals surface area contributed by atoms with Gasteiger partial charge in [0.05, 0.1) is 0 Å². The zero-order chi connectivity index (χ0) is 17.7. The second kappa shape index (κ2) is 6.14. The first-order chi connectivity index (χ1) is 11.9. The van der Waals surface area contributed by atoms with Crippen molar-refractivity contribution in [2.24, 2.45) is 17.8 Å². The predicted octanol–water partition coefficient (Wildman–Crippen LogP) is 5.43. The van der Waals surface area contributed by atoms with Gasteiger partial charge in [0.25, 0.3) is 0 Å². The highest BCUT2D eigenvalue weighted by Gasteiger charge is 2.58. The fraction of sp³-hybridized carbons (Fsp3) is 0.696. The Morgan fingerprint density at radius 2 is 1.96 bits per heavy atom. The van der Waals surface area contributed by atoms with Gasteiger partial charge in [-0.25, -0.2) is 0 Å². The third kappa shape index (κ3) is 3.50. The van der Waals surface area contributed by atoms with Crippen molar-refractivity contribution in [3.63, 3.8) is 0 Å². The molecule has 25 heavy (non-hydrogen) atoms. The van der Waals surface area contributed by atoms with Crippen LogP contribution in [0.15, 0.2) is 24.3 Å². The minimum Gasteiger partial charge on any atom is -0.460 e. The second-order valence-electron chi connectivity index (χ2n) is 9.78. The van der Waals surface area contributed by atoms with Crippen LogP contribution in [0.2, 0.25) is 0 Å². The van der Waals surface area contributed by atoms with Gasteiger partial charge in [0, 0.05) is 6.42 Å². The molecule has 0 aliphatic heterocycles. The van der Waals surface area contributed by atoms with Crippen LogP contribution in [-0.4, -0.2) is 11.6 Å². The van der Waals surface area contributed by atoms with Crippen molar-refractivity contribution in [2.75, 3.05) is 0 Å². The zero-order valence-electron chi connectivity index (χ0n) is 16.0. The van der Waals surface area contributed by atoms with Crippen LogP contribution in [0.5, 0.6) is 0 Å². The molecular weight excluding hydrogens is 308 g/mol. The van der Waals surface area contributed by atoms with Crippen molar-refractivity contribution in [3.05, 3.63) is 35.4 Å². The maximum atomic E-state index is 11.8. The smallest absolute Gasteiger partial charge is 0.306 e. The van der Waals surface area contributed by atoms with Crippen LogP contribution >= 0.6 is 0 Å². The Labute approximate surface area is 152 Å². The molecular formula is C23H32O2. The number of hydrogen-bond acceptors (Lipinski definition) is 2. The number of aryl methyl sites for hydroxylation is 1. The van der Waals surface area contributed by atoms with E-state index in [4.69, 9.17) is 4.74 Å². The van der Waals surface area contributed by atoms with Crippen LogP contribution in [0.3, 0.4) is 0 Å². The second-order valence-corrected chi connectivity index (χ2v) is 9.78. The lowest BCUT2D eigenvalue weighted by Crippen LogP contribution is -2.27. The van der Waals surface area contributed by atoms with Gasteiger partial charge in [0.15, 0.2) is 0 Å². The predicted molar refractivity (Wildman–Crippen MR) is 100 cm³/mol. The highest BCUT2D eigenvalue weighted by molar-refractivity contribution is 5.69. The van der Waals surface area contributed by atoms with Crippen molar-refractivity contribution in [1.82, 2.24) is 0 Å². The van der Waals surface area contributed by atoms with Crippen molar-refractivity contribution >= 4 is 5.97 Å². The molecule has 1 aromatic carbocycles. The molecule has 0 N–H and O–H groups in total. The number of carbonyl (C=O) groups is 1. The number of fused-ring (bicyclic) bond motifs is 2. The van der Waals surface area contributed by atoms with Gasteiger partial charge in [0.2, 0.25) is 0 Å². The molecule has 136 valence electrons. The number of carbonyl (C=O) groups excluding carboxylic acids is 1. The summed E-state index contributed by atoms with van der Waals surface area (Å²) in [6.07, 6.45) is 9.77. The summed E-state index contributed by atoms with van der Waals surface area (Å²) in [5.41, 5.74) is 3.48. The van der Waals surface area contributed by atoms with Crippen molar-refractivity contribution in [3.8, 4) is 0 Å². The van der Waals surface area contributed by atoms with Gasteiger partial charge < -0.3 is 4.74 Å². The van der Waals surface area contributed by atoms with Gasteiger partial charge >= 0.3 is 5.97 Å². The highest BCUT2D eigenvalue weighted by Crippen LogP contribution is 2.64. The van der Waals surface area contributed by atoms with E-state index in [1.165, 1.54) is 38.5 Å². The molecule has 2 atom stereocenters. The minimum absolute atomic E-state index is 0.0281. The Bertz CT molecular complexity index is 650. The van der Waals surface area contributed by atoms with Crippen molar-refractivity contribution in [2.45, 2.75) is 83.2 Å². The summed E-state index contributed by atoms with van der Waals surface area (Å²) in [5, 5.41) is 0. The van der Waals surface area contributed by atoms with Gasteiger partial charge in [-0.15, -0.1) is 0 Å². The quantitative estimate of drug-likeness (QED) is 0.668. The van der Waals surface area contributed by atoms with E-state index in [2.05, 4.69) is 24.3 Å². The molecule has 0 aromatic heterocycles. The van der Waals surface area contributed by atoms with Crippen LogP contribution in [0.1, 0.15) is 76.8 Å². The van der Waals surface area contributed by atoms with E-state index < -0.39 is 0 Å². The van der Waals surface area contributed by atoms with E-state index in [1.807, 2.05) is 20.8 Å². The molecule has 2 saturated carbocycles. The number of rotatable bonds is 5. The third-order valence-corrected chi connectivity index (χ3v) is 6.75. The van der Waals surface area contributed by atoms with E-state index in [9.17, 15) is 4.79 Å². The van der Waals surface area contributed by atoms with E-state index in [1.54, 1.807) is 11.1 Å². The summed E-state index contributed by atoms with van der Waals surface area (Å²) < 4.78 is 5.42. The van der Waals surface area contributed by atoms with E-state index in [0.717, 1.165) is 24.2 Å². The van der Waals surface area contributed by atoms with Crippen LogP contribution < -0.4 is 0 Å². The summed E-state index contributed by atoms with van der Waals surface area (Å²) in [4.78, 5) is 11.8. The first kappa shape index (κ1) is 17.1. The van der Waals surface area contributed by atoms with Gasteiger partial charge in [0.1, 0.15) is 5.60 Å². The first-order valence-corrected chi connectivity index (χ1v) is 10.2. The summed E-state index contributed by atoms with van der Waals surface area (Å²) in [7, 11) is 0. The topological polar surface area (TPSA) is 26.3 Å². The molecule has 2 heteroatoms. The summed E-state index contributed by atoms with van der Waals surface area (Å²) in [6.45, 7) is 5.82. The fourth-order valence-corrected chi connectivity index (χ4v) is 5.46. The van der Waals surface area contributed by atoms with Crippen molar-refractivity contribution in [1.29, 1.82) is 0 Å². The molecule has 0 saturated heterocycles. The van der Waals surface area contributed by atoms with Gasteiger partial charge in [-0.2, -0.15) is 0 Å². The monoisotopic (exact) mass is 340 g/mol. The SMILES string of the molecule is CC(C)(C)OC(=O)CCC1CC(CC2CC23CCc2ccccc23)C1. The Kier molecular flexibility index (Phi) is 4.21. The molecule has 0 bridgehead atoms. The van der Waals surface area contributed by atoms with Gasteiger partial charge in [-0.1, -0.05) is 24.3 Å². The van der Waals surface area contributed by atoms with Crippen LogP contribution in [0.25, 0.3) is 0 Å². The maximum absolute atomic E-state index is 11.8. The molecule has 4 rings (SSSR count). The standard InChI is InChI=1S/C23H32O2/c1-22(2,3)25-21(24)9-8-16-12-17(13-16)14-19-15-23(19)11-10-18-6-4-5-7-20(18)23/h4-7,16-17,19H,8-15H2,1-3H3. The number of hydrogen-bond donors (Lipinski definition) is 0. The molecule has 1 aromatic rings. The largest absolute Gasteiger partial charge is 0.460 e. The molecule has 3 aliphatic carbocycles. The molecule has 2 fully saturated rings. The van der Waals surface area contributed by atoms with E-state index in [-0.39, 0.29) is 11.6 Å².